The molecule has 2 heterocycles. The first kappa shape index (κ1) is 14.1. The van der Waals surface area contributed by atoms with Crippen molar-refractivity contribution in [3.8, 4) is 0 Å². The molecule has 0 amide bonds. The highest BCUT2D eigenvalue weighted by Gasteiger charge is 2.20. The fourth-order valence-corrected chi connectivity index (χ4v) is 2.69. The summed E-state index contributed by atoms with van der Waals surface area (Å²) in [5, 5.41) is 12.8. The number of halogens is 1. The van der Waals surface area contributed by atoms with E-state index in [2.05, 4.69) is 22.4 Å². The van der Waals surface area contributed by atoms with Crippen molar-refractivity contribution in [1.82, 2.24) is 24.9 Å². The third kappa shape index (κ3) is 2.67. The van der Waals surface area contributed by atoms with Crippen molar-refractivity contribution in [1.29, 1.82) is 0 Å². The Morgan fingerprint density at radius 1 is 1.37 bits per heavy atom. The minimum Gasteiger partial charge on any atom is -0.311 e. The molecule has 2 aromatic rings. The van der Waals surface area contributed by atoms with Crippen LogP contribution >= 0.6 is 11.6 Å². The average molecular weight is 282 g/mol. The summed E-state index contributed by atoms with van der Waals surface area (Å²) < 4.78 is 3.76. The summed E-state index contributed by atoms with van der Waals surface area (Å²) in [5.41, 5.74) is 3.15. The van der Waals surface area contributed by atoms with Crippen LogP contribution in [0.15, 0.2) is 12.3 Å². The Hall–Kier alpha value is -1.33. The van der Waals surface area contributed by atoms with Crippen LogP contribution in [-0.2, 0) is 26.9 Å². The van der Waals surface area contributed by atoms with Gasteiger partial charge in [0.2, 0.25) is 0 Å². The zero-order valence-electron chi connectivity index (χ0n) is 11.8. The third-order valence-electron chi connectivity index (χ3n) is 3.46. The predicted octanol–water partition coefficient (Wildman–Crippen LogP) is 1.87. The molecule has 0 radical (unpaired) electrons. The Balaban J connectivity index is 2.29. The van der Waals surface area contributed by atoms with E-state index in [1.807, 2.05) is 42.8 Å². The number of hydrogen-bond donors (Lipinski definition) is 1. The van der Waals surface area contributed by atoms with Crippen LogP contribution in [-0.4, -0.2) is 26.6 Å². The smallest absolute Gasteiger partial charge is 0.0850 e. The van der Waals surface area contributed by atoms with E-state index < -0.39 is 0 Å². The molecule has 2 rings (SSSR count). The molecule has 0 saturated heterocycles. The lowest BCUT2D eigenvalue weighted by Crippen LogP contribution is -2.22. The molecule has 1 N–H and O–H groups in total. The Bertz CT molecular complexity index is 557. The standard InChI is InChI=1S/C13H20ClN5/c1-5-9-13(14)12(19(4)17-9)8-10(15-2)11-6-7-16-18(11)3/h6-7,10,15H,5,8H2,1-4H3. The largest absolute Gasteiger partial charge is 0.311 e. The van der Waals surface area contributed by atoms with Gasteiger partial charge >= 0.3 is 0 Å². The summed E-state index contributed by atoms with van der Waals surface area (Å²) in [6, 6.07) is 2.19. The van der Waals surface area contributed by atoms with Gasteiger partial charge < -0.3 is 5.32 Å². The van der Waals surface area contributed by atoms with Crippen LogP contribution in [0.4, 0.5) is 0 Å². The third-order valence-corrected chi connectivity index (χ3v) is 3.90. The molecule has 5 nitrogen and oxygen atoms in total. The number of nitrogens with zero attached hydrogens (tertiary/aromatic N) is 4. The molecule has 0 fully saturated rings. The molecule has 0 spiro atoms. The fraction of sp³-hybridized carbons (Fsp3) is 0.538. The molecule has 19 heavy (non-hydrogen) atoms. The van der Waals surface area contributed by atoms with E-state index in [9.17, 15) is 0 Å². The number of nitrogens with one attached hydrogen (secondary N) is 1. The second kappa shape index (κ2) is 5.75. The van der Waals surface area contributed by atoms with Crippen LogP contribution in [0.5, 0.6) is 0 Å². The Labute approximate surface area is 118 Å². The van der Waals surface area contributed by atoms with Gasteiger partial charge in [-0.15, -0.1) is 0 Å². The van der Waals surface area contributed by atoms with Crippen LogP contribution in [0.1, 0.15) is 30.0 Å². The first-order chi connectivity index (χ1) is 9.08. The molecule has 0 aliphatic carbocycles. The van der Waals surface area contributed by atoms with E-state index in [0.29, 0.717) is 0 Å². The summed E-state index contributed by atoms with van der Waals surface area (Å²) >= 11 is 6.40. The van der Waals surface area contributed by atoms with E-state index in [-0.39, 0.29) is 6.04 Å². The Morgan fingerprint density at radius 2 is 2.11 bits per heavy atom. The van der Waals surface area contributed by atoms with Crippen molar-refractivity contribution in [3.63, 3.8) is 0 Å². The van der Waals surface area contributed by atoms with Crippen LogP contribution in [0, 0.1) is 0 Å². The highest BCUT2D eigenvalue weighted by atomic mass is 35.5. The van der Waals surface area contributed by atoms with Gasteiger partial charge in [0.05, 0.1) is 28.1 Å². The minimum absolute atomic E-state index is 0.171. The van der Waals surface area contributed by atoms with Crippen molar-refractivity contribution in [2.75, 3.05) is 7.05 Å². The maximum atomic E-state index is 6.40. The van der Waals surface area contributed by atoms with Crippen LogP contribution in [0.25, 0.3) is 0 Å². The van der Waals surface area contributed by atoms with Gasteiger partial charge in [0.15, 0.2) is 0 Å². The van der Waals surface area contributed by atoms with E-state index in [1.54, 1.807) is 0 Å². The topological polar surface area (TPSA) is 47.7 Å². The first-order valence-electron chi connectivity index (χ1n) is 6.43. The zero-order valence-corrected chi connectivity index (χ0v) is 12.6. The minimum atomic E-state index is 0.171. The number of hydrogen-bond acceptors (Lipinski definition) is 3. The van der Waals surface area contributed by atoms with Gasteiger partial charge in [-0.1, -0.05) is 18.5 Å². The van der Waals surface area contributed by atoms with Crippen molar-refractivity contribution >= 4 is 11.6 Å². The highest BCUT2D eigenvalue weighted by molar-refractivity contribution is 6.31. The molecule has 1 unspecified atom stereocenters. The van der Waals surface area contributed by atoms with Crippen LogP contribution in [0.2, 0.25) is 5.02 Å². The number of rotatable bonds is 5. The van der Waals surface area contributed by atoms with E-state index in [0.717, 1.165) is 34.9 Å². The van der Waals surface area contributed by atoms with Crippen LogP contribution in [0.3, 0.4) is 0 Å². The van der Waals surface area contributed by atoms with E-state index in [1.165, 1.54) is 0 Å². The lowest BCUT2D eigenvalue weighted by atomic mass is 10.1. The van der Waals surface area contributed by atoms with Crippen molar-refractivity contribution in [2.24, 2.45) is 14.1 Å². The maximum absolute atomic E-state index is 6.40. The summed E-state index contributed by atoms with van der Waals surface area (Å²) in [7, 11) is 5.83. The lowest BCUT2D eigenvalue weighted by molar-refractivity contribution is 0.519. The predicted molar refractivity (Wildman–Crippen MR) is 76.3 cm³/mol. The number of likely N-dealkylation sites (N-methyl/N-ethyl adjacent to an activating group) is 1. The molecule has 104 valence electrons. The molecule has 1 atom stereocenters. The molecular weight excluding hydrogens is 262 g/mol. The summed E-state index contributed by atoms with van der Waals surface area (Å²) in [6.07, 6.45) is 3.45. The molecule has 0 bridgehead atoms. The van der Waals surface area contributed by atoms with E-state index >= 15 is 0 Å². The van der Waals surface area contributed by atoms with Gasteiger partial charge in [0.25, 0.3) is 0 Å². The number of aryl methyl sites for hydroxylation is 3. The van der Waals surface area contributed by atoms with Gasteiger partial charge in [-0.25, -0.2) is 0 Å². The fourth-order valence-electron chi connectivity index (χ4n) is 2.32. The summed E-state index contributed by atoms with van der Waals surface area (Å²) in [4.78, 5) is 0. The average Bonchev–Trinajstić information content (AvgIpc) is 2.93. The quantitative estimate of drug-likeness (QED) is 0.910. The maximum Gasteiger partial charge on any atom is 0.0850 e. The van der Waals surface area contributed by atoms with E-state index in [4.69, 9.17) is 11.6 Å². The molecule has 0 aliphatic heterocycles. The van der Waals surface area contributed by atoms with Gasteiger partial charge in [0.1, 0.15) is 0 Å². The van der Waals surface area contributed by atoms with Crippen LogP contribution < -0.4 is 5.32 Å². The second-order valence-electron chi connectivity index (χ2n) is 4.61. The van der Waals surface area contributed by atoms with Crippen molar-refractivity contribution in [2.45, 2.75) is 25.8 Å². The van der Waals surface area contributed by atoms with Gasteiger partial charge in [0, 0.05) is 26.7 Å². The second-order valence-corrected chi connectivity index (χ2v) is 4.99. The summed E-state index contributed by atoms with van der Waals surface area (Å²) in [6.45, 7) is 2.06. The first-order valence-corrected chi connectivity index (χ1v) is 6.81. The summed E-state index contributed by atoms with van der Waals surface area (Å²) in [5.74, 6) is 0. The van der Waals surface area contributed by atoms with Crippen molar-refractivity contribution < 1.29 is 0 Å². The van der Waals surface area contributed by atoms with Gasteiger partial charge in [-0.2, -0.15) is 10.2 Å². The molecule has 0 saturated carbocycles. The SMILES string of the molecule is CCc1nn(C)c(CC(NC)c2ccnn2C)c1Cl. The molecule has 6 heteroatoms. The Kier molecular flexibility index (Phi) is 4.27. The zero-order chi connectivity index (χ0) is 14.0. The molecule has 0 aliphatic rings. The van der Waals surface area contributed by atoms with Gasteiger partial charge in [-0.3, -0.25) is 9.36 Å². The Morgan fingerprint density at radius 3 is 2.58 bits per heavy atom. The normalized spacial score (nSPS) is 12.9. The molecular formula is C13H20ClN5. The molecule has 2 aromatic heterocycles. The van der Waals surface area contributed by atoms with Gasteiger partial charge in [-0.05, 0) is 19.5 Å². The molecule has 0 aromatic carbocycles. The lowest BCUT2D eigenvalue weighted by Gasteiger charge is -2.16. The highest BCUT2D eigenvalue weighted by Crippen LogP contribution is 2.25. The number of aromatic nitrogens is 4. The van der Waals surface area contributed by atoms with Crippen molar-refractivity contribution in [3.05, 3.63) is 34.4 Å². The monoisotopic (exact) mass is 281 g/mol.